The maximum Gasteiger partial charge on any atom is 0.151 e. The summed E-state index contributed by atoms with van der Waals surface area (Å²) in [4.78, 5) is 0. The number of ether oxygens (including phenoxy) is 1. The molecule has 4 nitrogen and oxygen atoms in total. The van der Waals surface area contributed by atoms with Crippen LogP contribution < -0.4 is 10.1 Å². The van der Waals surface area contributed by atoms with Crippen molar-refractivity contribution in [3.8, 4) is 5.75 Å². The lowest BCUT2D eigenvalue weighted by molar-refractivity contribution is 0.401. The van der Waals surface area contributed by atoms with Crippen molar-refractivity contribution in [2.75, 3.05) is 18.6 Å². The molecule has 2 unspecified atom stereocenters. The van der Waals surface area contributed by atoms with E-state index in [1.165, 1.54) is 11.1 Å². The third-order valence-corrected chi connectivity index (χ3v) is 6.10. The molecule has 1 aliphatic carbocycles. The first-order valence-corrected chi connectivity index (χ1v) is 9.03. The van der Waals surface area contributed by atoms with Crippen LogP contribution in [0.15, 0.2) is 18.2 Å². The van der Waals surface area contributed by atoms with E-state index >= 15 is 0 Å². The summed E-state index contributed by atoms with van der Waals surface area (Å²) in [6.07, 6.45) is 4.03. The molecular weight excluding hydrogens is 274 g/mol. The van der Waals surface area contributed by atoms with Gasteiger partial charge in [0.2, 0.25) is 0 Å². The van der Waals surface area contributed by atoms with Crippen molar-refractivity contribution >= 4 is 9.84 Å². The van der Waals surface area contributed by atoms with Crippen molar-refractivity contribution in [3.05, 3.63) is 29.3 Å². The Hall–Kier alpha value is -1.07. The molecular formula is C15H21NO3S. The zero-order chi connectivity index (χ0) is 14.2. The van der Waals surface area contributed by atoms with Crippen molar-refractivity contribution in [3.63, 3.8) is 0 Å². The number of benzene rings is 1. The molecule has 0 bridgehead atoms. The van der Waals surface area contributed by atoms with Crippen molar-refractivity contribution < 1.29 is 13.2 Å². The molecule has 1 fully saturated rings. The van der Waals surface area contributed by atoms with Gasteiger partial charge in [-0.05, 0) is 48.9 Å². The fraction of sp³-hybridized carbons (Fsp3) is 0.600. The number of hydrogen-bond acceptors (Lipinski definition) is 4. The monoisotopic (exact) mass is 295 g/mol. The Balaban J connectivity index is 1.77. The molecule has 1 heterocycles. The van der Waals surface area contributed by atoms with Crippen LogP contribution in [0.25, 0.3) is 0 Å². The summed E-state index contributed by atoms with van der Waals surface area (Å²) >= 11 is 0. The van der Waals surface area contributed by atoms with Gasteiger partial charge in [-0.25, -0.2) is 8.42 Å². The van der Waals surface area contributed by atoms with Crippen LogP contribution in [0, 0.1) is 0 Å². The number of aryl methyl sites for hydroxylation is 1. The van der Waals surface area contributed by atoms with Crippen LogP contribution in [0.4, 0.5) is 0 Å². The highest BCUT2D eigenvalue weighted by molar-refractivity contribution is 7.91. The lowest BCUT2D eigenvalue weighted by Crippen LogP contribution is -2.35. The van der Waals surface area contributed by atoms with Gasteiger partial charge in [0.05, 0.1) is 18.6 Å². The van der Waals surface area contributed by atoms with Crippen molar-refractivity contribution in [2.45, 2.75) is 37.8 Å². The Morgan fingerprint density at radius 3 is 2.85 bits per heavy atom. The second kappa shape index (κ2) is 5.37. The standard InChI is InChI=1S/C15H21NO3S/c1-19-13-5-6-14-11(9-13)3-2-4-15(14)16-12-7-8-20(17,18)10-12/h5-6,9,12,15-16H,2-4,7-8,10H2,1H3. The van der Waals surface area contributed by atoms with Gasteiger partial charge in [0, 0.05) is 12.1 Å². The van der Waals surface area contributed by atoms with Gasteiger partial charge in [-0.3, -0.25) is 0 Å². The molecule has 1 aliphatic heterocycles. The van der Waals surface area contributed by atoms with Crippen LogP contribution in [0.2, 0.25) is 0 Å². The Labute approximate surface area is 120 Å². The first-order chi connectivity index (χ1) is 9.57. The van der Waals surface area contributed by atoms with Gasteiger partial charge in [0.1, 0.15) is 5.75 Å². The minimum atomic E-state index is -2.82. The van der Waals surface area contributed by atoms with Crippen LogP contribution in [0.1, 0.15) is 36.4 Å². The lowest BCUT2D eigenvalue weighted by atomic mass is 9.87. The van der Waals surface area contributed by atoms with Crippen molar-refractivity contribution in [2.24, 2.45) is 0 Å². The second-order valence-corrected chi connectivity index (χ2v) is 8.00. The van der Waals surface area contributed by atoms with E-state index in [9.17, 15) is 8.42 Å². The molecule has 0 amide bonds. The van der Waals surface area contributed by atoms with Gasteiger partial charge in [-0.15, -0.1) is 0 Å². The quantitative estimate of drug-likeness (QED) is 0.924. The topological polar surface area (TPSA) is 55.4 Å². The number of nitrogens with one attached hydrogen (secondary N) is 1. The van der Waals surface area contributed by atoms with Gasteiger partial charge in [0.25, 0.3) is 0 Å². The number of fused-ring (bicyclic) bond motifs is 1. The Bertz CT molecular complexity index is 597. The average Bonchev–Trinajstić information content (AvgIpc) is 2.77. The lowest BCUT2D eigenvalue weighted by Gasteiger charge is -2.29. The predicted octanol–water partition coefficient (Wildman–Crippen LogP) is 1.85. The van der Waals surface area contributed by atoms with E-state index in [2.05, 4.69) is 17.4 Å². The van der Waals surface area contributed by atoms with E-state index in [0.717, 1.165) is 31.4 Å². The Kier molecular flexibility index (Phi) is 3.73. The molecule has 0 aromatic heterocycles. The van der Waals surface area contributed by atoms with E-state index in [4.69, 9.17) is 4.74 Å². The molecule has 1 N–H and O–H groups in total. The molecule has 1 aromatic carbocycles. The van der Waals surface area contributed by atoms with Crippen LogP contribution >= 0.6 is 0 Å². The average molecular weight is 295 g/mol. The van der Waals surface area contributed by atoms with E-state index in [1.54, 1.807) is 7.11 Å². The normalized spacial score (nSPS) is 28.1. The van der Waals surface area contributed by atoms with Gasteiger partial charge < -0.3 is 10.1 Å². The maximum absolute atomic E-state index is 11.6. The van der Waals surface area contributed by atoms with Crippen LogP contribution in [0.3, 0.4) is 0 Å². The molecule has 1 aromatic rings. The first-order valence-electron chi connectivity index (χ1n) is 7.21. The minimum Gasteiger partial charge on any atom is -0.497 e. The summed E-state index contributed by atoms with van der Waals surface area (Å²) in [5.74, 6) is 1.51. The van der Waals surface area contributed by atoms with Crippen LogP contribution in [0.5, 0.6) is 5.75 Å². The summed E-state index contributed by atoms with van der Waals surface area (Å²) in [6.45, 7) is 0. The molecule has 0 spiro atoms. The fourth-order valence-electron chi connectivity index (χ4n) is 3.30. The number of methoxy groups -OCH3 is 1. The highest BCUT2D eigenvalue weighted by Gasteiger charge is 2.31. The summed E-state index contributed by atoms with van der Waals surface area (Å²) in [7, 11) is -1.13. The summed E-state index contributed by atoms with van der Waals surface area (Å²) in [5.41, 5.74) is 2.63. The molecule has 2 aliphatic rings. The number of sulfone groups is 1. The fourth-order valence-corrected chi connectivity index (χ4v) is 4.99. The molecule has 1 saturated heterocycles. The largest absolute Gasteiger partial charge is 0.497 e. The second-order valence-electron chi connectivity index (χ2n) is 5.78. The van der Waals surface area contributed by atoms with Crippen molar-refractivity contribution in [1.29, 1.82) is 0 Å². The Morgan fingerprint density at radius 2 is 2.15 bits per heavy atom. The summed E-state index contributed by atoms with van der Waals surface area (Å²) in [5, 5.41) is 3.55. The van der Waals surface area contributed by atoms with Gasteiger partial charge in [-0.1, -0.05) is 6.07 Å². The molecule has 110 valence electrons. The van der Waals surface area contributed by atoms with Crippen LogP contribution in [-0.2, 0) is 16.3 Å². The summed E-state index contributed by atoms with van der Waals surface area (Å²) in [6, 6.07) is 6.61. The van der Waals surface area contributed by atoms with E-state index in [1.807, 2.05) is 6.07 Å². The zero-order valence-corrected chi connectivity index (χ0v) is 12.6. The predicted molar refractivity (Wildman–Crippen MR) is 78.9 cm³/mol. The highest BCUT2D eigenvalue weighted by Crippen LogP contribution is 2.33. The Morgan fingerprint density at radius 1 is 1.30 bits per heavy atom. The molecule has 0 saturated carbocycles. The smallest absolute Gasteiger partial charge is 0.151 e. The molecule has 3 rings (SSSR count). The van der Waals surface area contributed by atoms with Crippen molar-refractivity contribution in [1.82, 2.24) is 5.32 Å². The molecule has 2 atom stereocenters. The summed E-state index contributed by atoms with van der Waals surface area (Å²) < 4.78 is 28.4. The molecule has 5 heteroatoms. The van der Waals surface area contributed by atoms with Gasteiger partial charge >= 0.3 is 0 Å². The van der Waals surface area contributed by atoms with Gasteiger partial charge in [-0.2, -0.15) is 0 Å². The third-order valence-electron chi connectivity index (χ3n) is 4.33. The first kappa shape index (κ1) is 13.9. The number of hydrogen-bond donors (Lipinski definition) is 1. The van der Waals surface area contributed by atoms with E-state index in [0.29, 0.717) is 5.75 Å². The van der Waals surface area contributed by atoms with E-state index < -0.39 is 9.84 Å². The zero-order valence-electron chi connectivity index (χ0n) is 11.8. The van der Waals surface area contributed by atoms with Gasteiger partial charge in [0.15, 0.2) is 9.84 Å². The van der Waals surface area contributed by atoms with Crippen LogP contribution in [-0.4, -0.2) is 33.1 Å². The minimum absolute atomic E-state index is 0.109. The highest BCUT2D eigenvalue weighted by atomic mass is 32.2. The third kappa shape index (κ3) is 2.83. The molecule has 0 radical (unpaired) electrons. The van der Waals surface area contributed by atoms with E-state index in [-0.39, 0.29) is 17.8 Å². The number of rotatable bonds is 3. The maximum atomic E-state index is 11.6. The SMILES string of the molecule is COc1ccc2c(c1)CCCC2NC1CCS(=O)(=O)C1. The molecule has 20 heavy (non-hydrogen) atoms.